The number of anilines is 2. The minimum atomic E-state index is -0.444. The van der Waals surface area contributed by atoms with Crippen LogP contribution in [-0.2, 0) is 0 Å². The lowest BCUT2D eigenvalue weighted by Crippen LogP contribution is -2.07. The maximum Gasteiger partial charge on any atom is 0.269 e. The number of nitro benzene ring substituents is 1. The molecule has 1 heterocycles. The van der Waals surface area contributed by atoms with E-state index in [1.165, 1.54) is 12.1 Å². The van der Waals surface area contributed by atoms with Crippen LogP contribution in [0.2, 0.25) is 0 Å². The summed E-state index contributed by atoms with van der Waals surface area (Å²) in [5, 5.41) is 37.4. The SMILES string of the molecule is CC.CC.CC.CC.CN(C)c1ccc(/C=C/c2ccc(C(=C(C#N)C#N)c3ccccc3)s2)cc1.CN(C)c1ccc(N=Nc2ccc([N+](=O)[O-])cc2)cc1. The van der Waals surface area contributed by atoms with Gasteiger partial charge in [0, 0.05) is 67.0 Å². The van der Waals surface area contributed by atoms with Crippen molar-refractivity contribution in [2.24, 2.45) is 10.2 Å². The first-order valence-corrected chi connectivity index (χ1v) is 19.6. The first-order chi connectivity index (χ1) is 27.2. The third-order valence-corrected chi connectivity index (χ3v) is 8.03. The van der Waals surface area contributed by atoms with E-state index in [0.29, 0.717) is 11.3 Å². The summed E-state index contributed by atoms with van der Waals surface area (Å²) in [4.78, 5) is 16.1. The first kappa shape index (κ1) is 49.6. The lowest BCUT2D eigenvalue weighted by atomic mass is 9.99. The maximum atomic E-state index is 10.5. The number of non-ortho nitro benzene ring substituents is 1. The molecule has 0 aliphatic rings. The van der Waals surface area contributed by atoms with Gasteiger partial charge >= 0.3 is 0 Å². The molecule has 0 fully saturated rings. The Morgan fingerprint density at radius 2 is 1.07 bits per heavy atom. The second-order valence-corrected chi connectivity index (χ2v) is 11.9. The van der Waals surface area contributed by atoms with Crippen LogP contribution in [0.15, 0.2) is 131 Å². The van der Waals surface area contributed by atoms with Crippen molar-refractivity contribution in [3.8, 4) is 12.1 Å². The third kappa shape index (κ3) is 16.8. The number of hydrogen-bond acceptors (Lipinski definition) is 9. The summed E-state index contributed by atoms with van der Waals surface area (Å²) in [6.45, 7) is 16.0. The van der Waals surface area contributed by atoms with E-state index in [9.17, 15) is 20.6 Å². The summed E-state index contributed by atoms with van der Waals surface area (Å²) in [5.74, 6) is 0. The van der Waals surface area contributed by atoms with Gasteiger partial charge in [-0.15, -0.1) is 11.3 Å². The Bertz CT molecular complexity index is 1980. The minimum Gasteiger partial charge on any atom is -0.378 e. The summed E-state index contributed by atoms with van der Waals surface area (Å²) >= 11 is 1.57. The zero-order chi connectivity index (χ0) is 42.5. The number of nitriles is 2. The van der Waals surface area contributed by atoms with Crippen LogP contribution in [0.4, 0.5) is 28.4 Å². The summed E-state index contributed by atoms with van der Waals surface area (Å²) in [7, 11) is 7.97. The molecule has 0 spiro atoms. The van der Waals surface area contributed by atoms with E-state index in [0.717, 1.165) is 37.9 Å². The number of azo groups is 1. The van der Waals surface area contributed by atoms with Crippen LogP contribution in [0.1, 0.15) is 76.3 Å². The number of rotatable bonds is 9. The molecule has 1 aromatic heterocycles. The molecule has 0 aliphatic carbocycles. The number of hydrogen-bond donors (Lipinski definition) is 0. The van der Waals surface area contributed by atoms with Gasteiger partial charge in [0.05, 0.1) is 16.3 Å². The predicted molar refractivity (Wildman–Crippen MR) is 241 cm³/mol. The van der Waals surface area contributed by atoms with Crippen molar-refractivity contribution in [3.63, 3.8) is 0 Å². The average Bonchev–Trinajstić information content (AvgIpc) is 3.73. The molecule has 0 unspecified atom stereocenters. The Balaban J connectivity index is 0.000000951. The average molecular weight is 772 g/mol. The molecule has 0 atom stereocenters. The molecule has 0 aliphatic heterocycles. The van der Waals surface area contributed by atoms with Gasteiger partial charge in [-0.05, 0) is 77.9 Å². The standard InChI is InChI=1S/C24H19N3S.C14H14N4O2.4C2H6/c1-27(2)21-11-8-18(9-12-21)10-13-22-14-15-23(28-22)24(20(16-25)17-26)19-6-4-3-5-7-19;1-17(2)13-7-3-11(4-8-13)15-16-12-5-9-14(10-6-12)18(19)20;4*1-2/h3-15H,1-2H3;3-10H,1-2H3;4*1-2H3/b13-10+;;;;;. The van der Waals surface area contributed by atoms with Crippen molar-refractivity contribution in [3.05, 3.63) is 152 Å². The third-order valence-electron chi connectivity index (χ3n) is 6.97. The number of thiophene rings is 1. The lowest BCUT2D eigenvalue weighted by Gasteiger charge is -2.11. The van der Waals surface area contributed by atoms with Crippen molar-refractivity contribution >= 4 is 57.5 Å². The maximum absolute atomic E-state index is 10.5. The Morgan fingerprint density at radius 1 is 0.625 bits per heavy atom. The number of benzene rings is 4. The number of nitrogens with zero attached hydrogens (tertiary/aromatic N) is 7. The second kappa shape index (κ2) is 29.1. The largest absolute Gasteiger partial charge is 0.378 e. The lowest BCUT2D eigenvalue weighted by molar-refractivity contribution is -0.384. The fraction of sp³-hybridized carbons (Fsp3) is 0.261. The monoisotopic (exact) mass is 771 g/mol. The fourth-order valence-electron chi connectivity index (χ4n) is 4.36. The molecule has 10 heteroatoms. The Hall–Kier alpha value is -6.36. The zero-order valence-electron chi connectivity index (χ0n) is 35.0. The van der Waals surface area contributed by atoms with Gasteiger partial charge in [-0.2, -0.15) is 20.8 Å². The van der Waals surface area contributed by atoms with E-state index in [4.69, 9.17) is 0 Å². The molecule has 5 aromatic rings. The van der Waals surface area contributed by atoms with Gasteiger partial charge < -0.3 is 9.80 Å². The number of allylic oxidation sites excluding steroid dienone is 1. The van der Waals surface area contributed by atoms with Crippen molar-refractivity contribution in [1.29, 1.82) is 10.5 Å². The van der Waals surface area contributed by atoms with E-state index in [1.807, 2.05) is 167 Å². The van der Waals surface area contributed by atoms with Crippen molar-refractivity contribution in [2.75, 3.05) is 38.0 Å². The highest BCUT2D eigenvalue weighted by molar-refractivity contribution is 7.14. The van der Waals surface area contributed by atoms with Crippen LogP contribution in [0.5, 0.6) is 0 Å². The molecule has 9 nitrogen and oxygen atoms in total. The van der Waals surface area contributed by atoms with Crippen molar-refractivity contribution in [1.82, 2.24) is 0 Å². The van der Waals surface area contributed by atoms with E-state index in [-0.39, 0.29) is 11.3 Å². The van der Waals surface area contributed by atoms with Gasteiger partial charge in [-0.1, -0.05) is 104 Å². The van der Waals surface area contributed by atoms with E-state index < -0.39 is 4.92 Å². The van der Waals surface area contributed by atoms with E-state index >= 15 is 0 Å². The highest BCUT2D eigenvalue weighted by Crippen LogP contribution is 2.33. The van der Waals surface area contributed by atoms with Crippen LogP contribution >= 0.6 is 11.3 Å². The Morgan fingerprint density at radius 3 is 1.50 bits per heavy atom. The van der Waals surface area contributed by atoms with Crippen molar-refractivity contribution in [2.45, 2.75) is 55.4 Å². The Labute approximate surface area is 339 Å². The molecule has 0 saturated heterocycles. The summed E-state index contributed by atoms with van der Waals surface area (Å²) in [6.07, 6.45) is 4.12. The van der Waals surface area contributed by atoms with Gasteiger partial charge in [0.25, 0.3) is 5.69 Å². The van der Waals surface area contributed by atoms with Crippen LogP contribution in [-0.4, -0.2) is 33.1 Å². The molecular formula is C46H57N7O2S. The van der Waals surface area contributed by atoms with Gasteiger partial charge in [0.1, 0.15) is 17.7 Å². The number of nitro groups is 1. The van der Waals surface area contributed by atoms with Gasteiger partial charge in [-0.3, -0.25) is 10.1 Å². The van der Waals surface area contributed by atoms with Gasteiger partial charge in [0.15, 0.2) is 0 Å². The quantitative estimate of drug-likeness (QED) is 0.0636. The van der Waals surface area contributed by atoms with E-state index in [1.54, 1.807) is 23.5 Å². The van der Waals surface area contributed by atoms with Crippen LogP contribution in [0.3, 0.4) is 0 Å². The molecule has 0 bridgehead atoms. The highest BCUT2D eigenvalue weighted by Gasteiger charge is 2.14. The second-order valence-electron chi connectivity index (χ2n) is 10.7. The van der Waals surface area contributed by atoms with Gasteiger partial charge in [0.2, 0.25) is 0 Å². The predicted octanol–water partition coefficient (Wildman–Crippen LogP) is 14.0. The van der Waals surface area contributed by atoms with Crippen LogP contribution in [0, 0.1) is 32.8 Å². The molecule has 0 amide bonds. The topological polar surface area (TPSA) is 122 Å². The molecule has 4 aromatic carbocycles. The van der Waals surface area contributed by atoms with Gasteiger partial charge in [-0.25, -0.2) is 0 Å². The minimum absolute atomic E-state index is 0.0410. The molecule has 0 saturated carbocycles. The van der Waals surface area contributed by atoms with E-state index in [2.05, 4.69) is 51.5 Å². The normalized spacial score (nSPS) is 9.39. The Kier molecular flexibility index (Phi) is 25.8. The van der Waals surface area contributed by atoms with Crippen molar-refractivity contribution < 1.29 is 4.92 Å². The zero-order valence-corrected chi connectivity index (χ0v) is 35.8. The smallest absolute Gasteiger partial charge is 0.269 e. The fourth-order valence-corrected chi connectivity index (χ4v) is 5.35. The van der Waals surface area contributed by atoms with Crippen LogP contribution in [0.25, 0.3) is 17.7 Å². The molecule has 56 heavy (non-hydrogen) atoms. The molecular weight excluding hydrogens is 715 g/mol. The van der Waals surface area contributed by atoms with Crippen LogP contribution < -0.4 is 9.80 Å². The molecule has 0 radical (unpaired) electrons. The molecule has 0 N–H and O–H groups in total. The summed E-state index contributed by atoms with van der Waals surface area (Å²) < 4.78 is 0. The summed E-state index contributed by atoms with van der Waals surface area (Å²) in [5.41, 5.74) is 6.40. The molecule has 294 valence electrons. The molecule has 5 rings (SSSR count). The summed E-state index contributed by atoms with van der Waals surface area (Å²) in [6, 6.07) is 39.5. The first-order valence-electron chi connectivity index (χ1n) is 18.8. The highest BCUT2D eigenvalue weighted by atomic mass is 32.1.